The van der Waals surface area contributed by atoms with Gasteiger partial charge in [0.15, 0.2) is 0 Å². The van der Waals surface area contributed by atoms with Crippen molar-refractivity contribution < 1.29 is 19.7 Å². The zero-order valence-electron chi connectivity index (χ0n) is 20.0. The van der Waals surface area contributed by atoms with E-state index in [1.165, 1.54) is 31.3 Å². The molecular formula is C28H40O4. The van der Waals surface area contributed by atoms with E-state index in [9.17, 15) is 15.0 Å². The van der Waals surface area contributed by atoms with Crippen LogP contribution in [-0.4, -0.2) is 34.5 Å². The van der Waals surface area contributed by atoms with Crippen LogP contribution in [-0.2, 0) is 9.53 Å². The van der Waals surface area contributed by atoms with Crippen molar-refractivity contribution in [2.75, 3.05) is 0 Å². The van der Waals surface area contributed by atoms with Gasteiger partial charge in [0.25, 0.3) is 0 Å². The third kappa shape index (κ3) is 4.17. The predicted molar refractivity (Wildman–Crippen MR) is 127 cm³/mol. The van der Waals surface area contributed by atoms with Crippen LogP contribution in [0, 0.1) is 29.1 Å². The van der Waals surface area contributed by atoms with Gasteiger partial charge in [-0.3, -0.25) is 0 Å². The summed E-state index contributed by atoms with van der Waals surface area (Å²) in [5, 5.41) is 20.7. The molecule has 0 radical (unpaired) electrons. The monoisotopic (exact) mass is 440 g/mol. The number of aliphatic hydroxyl groups is 2. The Balaban J connectivity index is 1.48. The van der Waals surface area contributed by atoms with E-state index >= 15 is 0 Å². The third-order valence-corrected chi connectivity index (χ3v) is 9.20. The van der Waals surface area contributed by atoms with Gasteiger partial charge in [0.2, 0.25) is 0 Å². The number of rotatable bonds is 4. The van der Waals surface area contributed by atoms with Crippen LogP contribution in [0.5, 0.6) is 0 Å². The van der Waals surface area contributed by atoms with E-state index in [1.54, 1.807) is 0 Å². The molecule has 32 heavy (non-hydrogen) atoms. The number of cyclic esters (lactones) is 1. The van der Waals surface area contributed by atoms with Crippen LogP contribution >= 0.6 is 0 Å². The summed E-state index contributed by atoms with van der Waals surface area (Å²) >= 11 is 0. The van der Waals surface area contributed by atoms with Gasteiger partial charge >= 0.3 is 5.97 Å². The average Bonchev–Trinajstić information content (AvgIpc) is 3.26. The summed E-state index contributed by atoms with van der Waals surface area (Å²) < 4.78 is 5.53. The molecule has 0 bridgehead atoms. The Morgan fingerprint density at radius 2 is 1.97 bits per heavy atom. The zero-order valence-corrected chi connectivity index (χ0v) is 20.0. The lowest BCUT2D eigenvalue weighted by molar-refractivity contribution is -0.139. The lowest BCUT2D eigenvalue weighted by Crippen LogP contribution is -2.37. The Kier molecular flexibility index (Phi) is 6.57. The minimum atomic E-state index is -0.669. The van der Waals surface area contributed by atoms with Crippen LogP contribution in [0.1, 0.15) is 72.1 Å². The highest BCUT2D eigenvalue weighted by atomic mass is 16.5. The average molecular weight is 441 g/mol. The highest BCUT2D eigenvalue weighted by molar-refractivity contribution is 5.89. The van der Waals surface area contributed by atoms with Crippen LogP contribution in [0.2, 0.25) is 0 Å². The molecule has 2 N–H and O–H groups in total. The molecule has 0 spiro atoms. The second kappa shape index (κ2) is 8.95. The Bertz CT molecular complexity index is 835. The summed E-state index contributed by atoms with van der Waals surface area (Å²) in [4.78, 5) is 11.7. The molecule has 0 aromatic carbocycles. The molecule has 3 saturated carbocycles. The number of carbonyl (C=O) groups excluding carboxylic acids is 1. The fourth-order valence-corrected chi connectivity index (χ4v) is 7.20. The number of ether oxygens (including phenoxy) is 1. The Labute approximate surface area is 193 Å². The summed E-state index contributed by atoms with van der Waals surface area (Å²) in [7, 11) is 0. The lowest BCUT2D eigenvalue weighted by atomic mass is 9.60. The van der Waals surface area contributed by atoms with Gasteiger partial charge in [-0.2, -0.15) is 0 Å². The van der Waals surface area contributed by atoms with Gasteiger partial charge in [0.05, 0.1) is 12.2 Å². The molecule has 4 nitrogen and oxygen atoms in total. The molecule has 0 aromatic heterocycles. The number of esters is 1. The molecule has 1 aliphatic heterocycles. The predicted octanol–water partition coefficient (Wildman–Crippen LogP) is 5.27. The van der Waals surface area contributed by atoms with Crippen LogP contribution in [0.25, 0.3) is 0 Å². The van der Waals surface area contributed by atoms with Crippen molar-refractivity contribution in [3.8, 4) is 0 Å². The van der Waals surface area contributed by atoms with Gasteiger partial charge in [-0.25, -0.2) is 4.79 Å². The normalized spacial score (nSPS) is 43.6. The Morgan fingerprint density at radius 3 is 2.66 bits per heavy atom. The molecule has 4 rings (SSSR count). The summed E-state index contributed by atoms with van der Waals surface area (Å²) in [6, 6.07) is 0. The van der Waals surface area contributed by atoms with E-state index in [-0.39, 0.29) is 23.4 Å². The van der Waals surface area contributed by atoms with E-state index in [2.05, 4.69) is 39.2 Å². The van der Waals surface area contributed by atoms with Gasteiger partial charge in [-0.05, 0) is 79.3 Å². The van der Waals surface area contributed by atoms with Crippen LogP contribution in [0.15, 0.2) is 47.6 Å². The zero-order chi connectivity index (χ0) is 23.2. The van der Waals surface area contributed by atoms with Gasteiger partial charge in [-0.1, -0.05) is 51.7 Å². The SMILES string of the molecule is C=C1C[C@H](C[C@@H](C)[C@H]2CC[C@H]3C(=CC=C4C[C@H](O)[C@H](C)[C@H](O)C4=C)CCC[C@]23C)OC1=O. The van der Waals surface area contributed by atoms with E-state index in [0.29, 0.717) is 36.2 Å². The number of aliphatic hydroxyl groups excluding tert-OH is 2. The van der Waals surface area contributed by atoms with Crippen LogP contribution < -0.4 is 0 Å². The Hall–Kier alpha value is -1.65. The first-order chi connectivity index (χ1) is 15.1. The van der Waals surface area contributed by atoms with E-state index in [0.717, 1.165) is 24.0 Å². The first-order valence-electron chi connectivity index (χ1n) is 12.5. The van der Waals surface area contributed by atoms with Crippen molar-refractivity contribution >= 4 is 5.97 Å². The maximum absolute atomic E-state index is 11.7. The topological polar surface area (TPSA) is 66.8 Å². The highest BCUT2D eigenvalue weighted by Crippen LogP contribution is 2.60. The van der Waals surface area contributed by atoms with Gasteiger partial charge in [0, 0.05) is 17.9 Å². The number of hydrogen-bond donors (Lipinski definition) is 2. The quantitative estimate of drug-likeness (QED) is 0.462. The number of allylic oxidation sites excluding steroid dienone is 3. The molecule has 1 saturated heterocycles. The van der Waals surface area contributed by atoms with E-state index in [1.807, 2.05) is 6.92 Å². The number of fused-ring (bicyclic) bond motifs is 1. The molecule has 176 valence electrons. The molecular weight excluding hydrogens is 400 g/mol. The van der Waals surface area contributed by atoms with Crippen molar-refractivity contribution in [3.05, 3.63) is 47.6 Å². The van der Waals surface area contributed by atoms with E-state index < -0.39 is 12.2 Å². The highest BCUT2D eigenvalue weighted by Gasteiger charge is 2.51. The van der Waals surface area contributed by atoms with Crippen LogP contribution in [0.3, 0.4) is 0 Å². The summed E-state index contributed by atoms with van der Waals surface area (Å²) in [5.74, 6) is 1.33. The van der Waals surface area contributed by atoms with E-state index in [4.69, 9.17) is 4.74 Å². The van der Waals surface area contributed by atoms with Crippen molar-refractivity contribution in [3.63, 3.8) is 0 Å². The molecule has 4 aliphatic rings. The lowest BCUT2D eigenvalue weighted by Gasteiger charge is -2.44. The molecule has 4 heteroatoms. The molecule has 3 aliphatic carbocycles. The minimum absolute atomic E-state index is 0.00598. The van der Waals surface area contributed by atoms with Gasteiger partial charge in [-0.15, -0.1) is 0 Å². The fraction of sp³-hybridized carbons (Fsp3) is 0.679. The maximum atomic E-state index is 11.7. The molecule has 8 atom stereocenters. The first-order valence-corrected chi connectivity index (χ1v) is 12.5. The standard InChI is InChI=1S/C28H40O4/c1-16(13-22-14-17(2)27(31)32-22)23-10-11-24-20(7-6-12-28(23,24)5)8-9-21-15-25(29)19(4)26(30)18(21)3/h8-9,16,19,22-26,29-30H,2-3,6-7,10-15H2,1,4-5H3/t16-,19+,22+,23-,24+,25+,26-,28-/m1/s1. The van der Waals surface area contributed by atoms with Crippen molar-refractivity contribution in [1.82, 2.24) is 0 Å². The van der Waals surface area contributed by atoms with Crippen molar-refractivity contribution in [1.29, 1.82) is 0 Å². The fourth-order valence-electron chi connectivity index (χ4n) is 7.20. The molecule has 0 amide bonds. The summed E-state index contributed by atoms with van der Waals surface area (Å²) in [6.07, 6.45) is 11.4. The van der Waals surface area contributed by atoms with Crippen molar-refractivity contribution in [2.45, 2.75) is 90.4 Å². The molecule has 4 fully saturated rings. The molecule has 0 unspecified atom stereocenters. The second-order valence-corrected chi connectivity index (χ2v) is 11.2. The summed E-state index contributed by atoms with van der Waals surface area (Å²) in [6.45, 7) is 14.6. The number of hydrogen-bond acceptors (Lipinski definition) is 4. The third-order valence-electron chi connectivity index (χ3n) is 9.20. The summed E-state index contributed by atoms with van der Waals surface area (Å²) in [5.41, 5.74) is 4.14. The maximum Gasteiger partial charge on any atom is 0.333 e. The minimum Gasteiger partial charge on any atom is -0.459 e. The van der Waals surface area contributed by atoms with Crippen LogP contribution in [0.4, 0.5) is 0 Å². The smallest absolute Gasteiger partial charge is 0.333 e. The Morgan fingerprint density at radius 1 is 1.22 bits per heavy atom. The molecule has 0 aromatic rings. The van der Waals surface area contributed by atoms with Gasteiger partial charge < -0.3 is 14.9 Å². The first kappa shape index (κ1) is 23.5. The largest absolute Gasteiger partial charge is 0.459 e. The number of carbonyl (C=O) groups is 1. The van der Waals surface area contributed by atoms with Crippen molar-refractivity contribution in [2.24, 2.45) is 29.1 Å². The molecule has 1 heterocycles. The second-order valence-electron chi connectivity index (χ2n) is 11.2. The van der Waals surface area contributed by atoms with Gasteiger partial charge in [0.1, 0.15) is 6.10 Å².